The first-order chi connectivity index (χ1) is 8.82. The highest BCUT2D eigenvalue weighted by atomic mass is 32.2. The Hall–Kier alpha value is -1.31. The highest BCUT2D eigenvalue weighted by Crippen LogP contribution is 2.30. The molecule has 0 aliphatic heterocycles. The lowest BCUT2D eigenvalue weighted by Gasteiger charge is -2.31. The van der Waals surface area contributed by atoms with Crippen molar-refractivity contribution in [3.8, 4) is 0 Å². The molecule has 0 aliphatic carbocycles. The second-order valence-corrected chi connectivity index (χ2v) is 5.85. The molecule has 0 saturated carbocycles. The van der Waals surface area contributed by atoms with E-state index in [1.54, 1.807) is 19.2 Å². The van der Waals surface area contributed by atoms with Crippen molar-refractivity contribution in [2.24, 2.45) is 5.14 Å². The average Bonchev–Trinajstić information content (AvgIpc) is 2.31. The number of anilines is 2. The zero-order valence-corrected chi connectivity index (χ0v) is 12.3. The lowest BCUT2D eigenvalue weighted by Crippen LogP contribution is -2.36. The van der Waals surface area contributed by atoms with Crippen LogP contribution >= 0.6 is 0 Å². The fraction of sp³-hybridized carbons (Fsp3) is 0.500. The zero-order valence-electron chi connectivity index (χ0n) is 11.5. The molecule has 0 aromatic heterocycles. The van der Waals surface area contributed by atoms with Crippen LogP contribution in [-0.4, -0.2) is 34.7 Å². The summed E-state index contributed by atoms with van der Waals surface area (Å²) in [5.41, 5.74) is 6.77. The van der Waals surface area contributed by atoms with E-state index < -0.39 is 10.0 Å². The molecule has 0 radical (unpaired) electrons. The lowest BCUT2D eigenvalue weighted by molar-refractivity contribution is 0.182. The molecular formula is C12H21N3O3S. The SMILES string of the molecule is CCN(c1cccc(S(N)(=O)=O)c1N)C(C)COC. The molecule has 19 heavy (non-hydrogen) atoms. The number of likely N-dealkylation sites (N-methyl/N-ethyl adjacent to an activating group) is 1. The maximum absolute atomic E-state index is 11.5. The fourth-order valence-corrected chi connectivity index (χ4v) is 2.76. The minimum atomic E-state index is -3.82. The highest BCUT2D eigenvalue weighted by molar-refractivity contribution is 7.89. The normalized spacial score (nSPS) is 13.3. The number of nitrogens with zero attached hydrogens (tertiary/aromatic N) is 1. The number of rotatable bonds is 6. The largest absolute Gasteiger partial charge is 0.396 e. The number of benzene rings is 1. The van der Waals surface area contributed by atoms with E-state index in [0.29, 0.717) is 18.8 Å². The standard InChI is InChI=1S/C12H21N3O3S/c1-4-15(9(2)8-18-3)10-6-5-7-11(12(10)13)19(14,16)17/h5-7,9H,4,8,13H2,1-3H3,(H2,14,16,17). The summed E-state index contributed by atoms with van der Waals surface area (Å²) in [4.78, 5) is 1.93. The monoisotopic (exact) mass is 287 g/mol. The molecule has 0 amide bonds. The van der Waals surface area contributed by atoms with Gasteiger partial charge in [-0.2, -0.15) is 0 Å². The van der Waals surface area contributed by atoms with Crippen molar-refractivity contribution in [2.45, 2.75) is 24.8 Å². The van der Waals surface area contributed by atoms with Crippen molar-refractivity contribution in [3.63, 3.8) is 0 Å². The number of hydrogen-bond acceptors (Lipinski definition) is 5. The molecule has 1 unspecified atom stereocenters. The van der Waals surface area contributed by atoms with Gasteiger partial charge in [0.15, 0.2) is 0 Å². The third-order valence-electron chi connectivity index (χ3n) is 2.94. The molecule has 6 nitrogen and oxygen atoms in total. The third kappa shape index (κ3) is 3.59. The Morgan fingerprint density at radius 3 is 2.53 bits per heavy atom. The summed E-state index contributed by atoms with van der Waals surface area (Å²) in [5.74, 6) is 0. The first-order valence-electron chi connectivity index (χ1n) is 5.99. The maximum Gasteiger partial charge on any atom is 0.240 e. The predicted molar refractivity (Wildman–Crippen MR) is 76.6 cm³/mol. The van der Waals surface area contributed by atoms with E-state index in [-0.39, 0.29) is 16.6 Å². The van der Waals surface area contributed by atoms with Crippen LogP contribution in [0.2, 0.25) is 0 Å². The minimum absolute atomic E-state index is 0.0481. The summed E-state index contributed by atoms with van der Waals surface area (Å²) < 4.78 is 28.1. The van der Waals surface area contributed by atoms with Crippen LogP contribution in [-0.2, 0) is 14.8 Å². The van der Waals surface area contributed by atoms with Crippen molar-refractivity contribution < 1.29 is 13.2 Å². The minimum Gasteiger partial charge on any atom is -0.396 e. The van der Waals surface area contributed by atoms with Crippen LogP contribution in [0, 0.1) is 0 Å². The number of para-hydroxylation sites is 1. The van der Waals surface area contributed by atoms with Gasteiger partial charge in [0.2, 0.25) is 10.0 Å². The van der Waals surface area contributed by atoms with Gasteiger partial charge in [-0.15, -0.1) is 0 Å². The highest BCUT2D eigenvalue weighted by Gasteiger charge is 2.20. The van der Waals surface area contributed by atoms with Gasteiger partial charge in [-0.25, -0.2) is 13.6 Å². The topological polar surface area (TPSA) is 98.7 Å². The van der Waals surface area contributed by atoms with Crippen molar-refractivity contribution in [3.05, 3.63) is 18.2 Å². The van der Waals surface area contributed by atoms with Gasteiger partial charge in [0, 0.05) is 19.7 Å². The molecule has 0 spiro atoms. The van der Waals surface area contributed by atoms with Crippen molar-refractivity contribution in [1.82, 2.24) is 0 Å². The number of nitrogen functional groups attached to an aromatic ring is 1. The smallest absolute Gasteiger partial charge is 0.240 e. The van der Waals surface area contributed by atoms with Crippen molar-refractivity contribution in [2.75, 3.05) is 30.9 Å². The quantitative estimate of drug-likeness (QED) is 0.753. The fourth-order valence-electron chi connectivity index (χ4n) is 2.08. The lowest BCUT2D eigenvalue weighted by atomic mass is 10.2. The Labute approximate surface area is 114 Å². The molecule has 1 rings (SSSR count). The van der Waals surface area contributed by atoms with E-state index in [9.17, 15) is 8.42 Å². The van der Waals surface area contributed by atoms with Gasteiger partial charge in [0.1, 0.15) is 4.90 Å². The number of hydrogen-bond donors (Lipinski definition) is 2. The van der Waals surface area contributed by atoms with Crippen LogP contribution in [0.3, 0.4) is 0 Å². The van der Waals surface area contributed by atoms with E-state index in [1.807, 2.05) is 18.7 Å². The van der Waals surface area contributed by atoms with E-state index >= 15 is 0 Å². The number of nitrogens with two attached hydrogens (primary N) is 2. The molecule has 0 heterocycles. The summed E-state index contributed by atoms with van der Waals surface area (Å²) in [5, 5.41) is 5.15. The van der Waals surface area contributed by atoms with Gasteiger partial charge >= 0.3 is 0 Å². The Bertz CT molecular complexity index is 531. The number of primary sulfonamides is 1. The molecule has 7 heteroatoms. The Morgan fingerprint density at radius 2 is 2.05 bits per heavy atom. The molecule has 108 valence electrons. The summed E-state index contributed by atoms with van der Waals surface area (Å²) >= 11 is 0. The van der Waals surface area contributed by atoms with Crippen LogP contribution in [0.5, 0.6) is 0 Å². The zero-order chi connectivity index (χ0) is 14.6. The van der Waals surface area contributed by atoms with Crippen molar-refractivity contribution >= 4 is 21.4 Å². The second kappa shape index (κ2) is 6.23. The molecule has 1 aromatic rings. The van der Waals surface area contributed by atoms with E-state index in [2.05, 4.69) is 0 Å². The molecule has 0 saturated heterocycles. The molecular weight excluding hydrogens is 266 g/mol. The van der Waals surface area contributed by atoms with Crippen LogP contribution < -0.4 is 15.8 Å². The van der Waals surface area contributed by atoms with Gasteiger partial charge in [-0.3, -0.25) is 0 Å². The van der Waals surface area contributed by atoms with Crippen molar-refractivity contribution in [1.29, 1.82) is 0 Å². The van der Waals surface area contributed by atoms with E-state index in [1.165, 1.54) is 6.07 Å². The second-order valence-electron chi connectivity index (χ2n) is 4.32. The van der Waals surface area contributed by atoms with E-state index in [0.717, 1.165) is 0 Å². The molecule has 1 aromatic carbocycles. The van der Waals surface area contributed by atoms with Gasteiger partial charge in [0.05, 0.1) is 18.0 Å². The molecule has 1 atom stereocenters. The van der Waals surface area contributed by atoms with E-state index in [4.69, 9.17) is 15.6 Å². The number of methoxy groups -OCH3 is 1. The van der Waals surface area contributed by atoms with Gasteiger partial charge in [0.25, 0.3) is 0 Å². The molecule has 4 N–H and O–H groups in total. The van der Waals surface area contributed by atoms with Gasteiger partial charge in [-0.1, -0.05) is 6.07 Å². The molecule has 0 fully saturated rings. The Balaban J connectivity index is 3.26. The summed E-state index contributed by atoms with van der Waals surface area (Å²) in [6.07, 6.45) is 0. The number of ether oxygens (including phenoxy) is 1. The summed E-state index contributed by atoms with van der Waals surface area (Å²) in [6, 6.07) is 4.89. The average molecular weight is 287 g/mol. The first-order valence-corrected chi connectivity index (χ1v) is 7.54. The van der Waals surface area contributed by atoms with Gasteiger partial charge < -0.3 is 15.4 Å². The van der Waals surface area contributed by atoms with Gasteiger partial charge in [-0.05, 0) is 26.0 Å². The Kier molecular flexibility index (Phi) is 5.16. The van der Waals surface area contributed by atoms with Crippen LogP contribution in [0.25, 0.3) is 0 Å². The first kappa shape index (κ1) is 15.7. The predicted octanol–water partition coefficient (Wildman–Crippen LogP) is 0.777. The summed E-state index contributed by atoms with van der Waals surface area (Å²) in [7, 11) is -2.20. The summed E-state index contributed by atoms with van der Waals surface area (Å²) in [6.45, 7) is 5.15. The third-order valence-corrected chi connectivity index (χ3v) is 3.91. The van der Waals surface area contributed by atoms with Crippen LogP contribution in [0.1, 0.15) is 13.8 Å². The van der Waals surface area contributed by atoms with Crippen LogP contribution in [0.4, 0.5) is 11.4 Å². The maximum atomic E-state index is 11.5. The van der Waals surface area contributed by atoms with Crippen LogP contribution in [0.15, 0.2) is 23.1 Å². The Morgan fingerprint density at radius 1 is 1.42 bits per heavy atom. The molecule has 0 bridgehead atoms. The molecule has 0 aliphatic rings. The number of sulfonamides is 1.